The van der Waals surface area contributed by atoms with E-state index in [9.17, 15) is 19.8 Å². The van der Waals surface area contributed by atoms with Gasteiger partial charge in [0, 0.05) is 12.8 Å². The molecular formula is C68H133NO5. The number of allylic oxidation sites excluding steroid dienone is 1. The number of aliphatic hydroxyl groups excluding tert-OH is 2. The lowest BCUT2D eigenvalue weighted by atomic mass is 10.0. The molecule has 0 aliphatic carbocycles. The summed E-state index contributed by atoms with van der Waals surface area (Å²) in [6, 6.07) is -0.624. The van der Waals surface area contributed by atoms with Crippen molar-refractivity contribution < 1.29 is 24.5 Å². The molecular weight excluding hydrogens is 911 g/mol. The molecule has 2 unspecified atom stereocenters. The molecule has 0 bridgehead atoms. The van der Waals surface area contributed by atoms with E-state index in [1.807, 2.05) is 6.08 Å². The Kier molecular flexibility index (Phi) is 62.9. The minimum absolute atomic E-state index is 0.0220. The number of hydrogen-bond donors (Lipinski definition) is 3. The number of esters is 1. The van der Waals surface area contributed by atoms with E-state index >= 15 is 0 Å². The average Bonchev–Trinajstić information content (AvgIpc) is 3.40. The molecule has 0 aliphatic rings. The summed E-state index contributed by atoms with van der Waals surface area (Å²) in [5, 5.41) is 23.1. The van der Waals surface area contributed by atoms with Crippen molar-refractivity contribution in [2.24, 2.45) is 0 Å². The van der Waals surface area contributed by atoms with Crippen LogP contribution in [0.5, 0.6) is 0 Å². The highest BCUT2D eigenvalue weighted by atomic mass is 16.5. The Hall–Kier alpha value is -1.40. The molecule has 0 aromatic carbocycles. The molecule has 0 rings (SSSR count). The number of carbonyl (C=O) groups is 2. The first-order valence-electron chi connectivity index (χ1n) is 34.0. The molecule has 6 heteroatoms. The molecule has 2 atom stereocenters. The van der Waals surface area contributed by atoms with E-state index in [2.05, 4.69) is 19.2 Å². The quantitative estimate of drug-likeness (QED) is 0.0320. The van der Waals surface area contributed by atoms with Gasteiger partial charge in [0.2, 0.25) is 5.91 Å². The van der Waals surface area contributed by atoms with Crippen LogP contribution < -0.4 is 5.32 Å². The summed E-state index contributed by atoms with van der Waals surface area (Å²) in [5.41, 5.74) is 0. The molecule has 440 valence electrons. The Balaban J connectivity index is 3.34. The Morgan fingerprint density at radius 2 is 0.622 bits per heavy atom. The van der Waals surface area contributed by atoms with Crippen molar-refractivity contribution in [3.8, 4) is 0 Å². The van der Waals surface area contributed by atoms with Crippen molar-refractivity contribution in [3.05, 3.63) is 12.2 Å². The molecule has 1 amide bonds. The number of nitrogens with one attached hydrogen (secondary N) is 1. The molecule has 0 saturated heterocycles. The molecule has 0 aromatic rings. The third kappa shape index (κ3) is 59.8. The highest BCUT2D eigenvalue weighted by Gasteiger charge is 2.18. The summed E-state index contributed by atoms with van der Waals surface area (Å²) in [4.78, 5) is 24.6. The monoisotopic (exact) mass is 1040 g/mol. The van der Waals surface area contributed by atoms with Gasteiger partial charge >= 0.3 is 5.97 Å². The third-order valence-corrected chi connectivity index (χ3v) is 16.1. The number of unbranched alkanes of at least 4 members (excludes halogenated alkanes) is 53. The second kappa shape index (κ2) is 64.1. The van der Waals surface area contributed by atoms with Crippen LogP contribution in [0.25, 0.3) is 0 Å². The fourth-order valence-corrected chi connectivity index (χ4v) is 10.9. The van der Waals surface area contributed by atoms with Crippen LogP contribution in [-0.2, 0) is 14.3 Å². The van der Waals surface area contributed by atoms with Crippen LogP contribution >= 0.6 is 0 Å². The standard InChI is InChI=1S/C68H133NO5/c1-3-5-7-9-11-13-15-17-19-34-38-42-46-50-54-58-62-68(73)74-63-59-55-51-47-43-39-35-32-30-28-26-24-22-20-21-23-25-27-29-31-33-37-41-45-49-53-57-61-67(72)69-65(64-70)66(71)60-56-52-48-44-40-36-18-16-14-12-10-8-6-4-2/h56,60,65-66,70-71H,3-55,57-59,61-64H2,1-2H3,(H,69,72)/b60-56+. The molecule has 3 N–H and O–H groups in total. The Morgan fingerprint density at radius 3 is 0.919 bits per heavy atom. The second-order valence-electron chi connectivity index (χ2n) is 23.5. The highest BCUT2D eigenvalue weighted by molar-refractivity contribution is 5.76. The maximum absolute atomic E-state index is 12.5. The van der Waals surface area contributed by atoms with Gasteiger partial charge in [-0.3, -0.25) is 9.59 Å². The van der Waals surface area contributed by atoms with Crippen LogP contribution in [0.15, 0.2) is 12.2 Å². The summed E-state index contributed by atoms with van der Waals surface area (Å²) in [6.07, 6.45) is 78.5. The first-order valence-corrected chi connectivity index (χ1v) is 34.0. The van der Waals surface area contributed by atoms with Crippen molar-refractivity contribution >= 4 is 11.9 Å². The van der Waals surface area contributed by atoms with Crippen molar-refractivity contribution in [3.63, 3.8) is 0 Å². The number of rotatable bonds is 64. The largest absolute Gasteiger partial charge is 0.466 e. The number of carbonyl (C=O) groups excluding carboxylic acids is 2. The van der Waals surface area contributed by atoms with Crippen molar-refractivity contribution in [2.45, 2.75) is 398 Å². The summed E-state index contributed by atoms with van der Waals surface area (Å²) < 4.78 is 5.50. The molecule has 74 heavy (non-hydrogen) atoms. The molecule has 0 radical (unpaired) electrons. The summed E-state index contributed by atoms with van der Waals surface area (Å²) in [7, 11) is 0. The summed E-state index contributed by atoms with van der Waals surface area (Å²) >= 11 is 0. The highest BCUT2D eigenvalue weighted by Crippen LogP contribution is 2.19. The normalized spacial score (nSPS) is 12.5. The first kappa shape index (κ1) is 72.6. The Bertz CT molecular complexity index is 1110. The lowest BCUT2D eigenvalue weighted by molar-refractivity contribution is -0.143. The van der Waals surface area contributed by atoms with Crippen molar-refractivity contribution in [1.82, 2.24) is 5.32 Å². The van der Waals surface area contributed by atoms with Crippen LogP contribution in [0.2, 0.25) is 0 Å². The minimum atomic E-state index is -0.841. The molecule has 0 saturated carbocycles. The number of amides is 1. The predicted octanol–water partition coefficient (Wildman–Crippen LogP) is 21.6. The fraction of sp³-hybridized carbons (Fsp3) is 0.941. The van der Waals surface area contributed by atoms with E-state index in [0.717, 1.165) is 38.5 Å². The van der Waals surface area contributed by atoms with Crippen LogP contribution in [0, 0.1) is 0 Å². The van der Waals surface area contributed by atoms with E-state index in [4.69, 9.17) is 4.74 Å². The van der Waals surface area contributed by atoms with Gasteiger partial charge in [-0.05, 0) is 32.1 Å². The average molecular weight is 1040 g/mol. The van der Waals surface area contributed by atoms with E-state index in [1.54, 1.807) is 6.08 Å². The van der Waals surface area contributed by atoms with Gasteiger partial charge < -0.3 is 20.3 Å². The van der Waals surface area contributed by atoms with Gasteiger partial charge in [-0.15, -0.1) is 0 Å². The molecule has 6 nitrogen and oxygen atoms in total. The number of ether oxygens (including phenoxy) is 1. The fourth-order valence-electron chi connectivity index (χ4n) is 10.9. The topological polar surface area (TPSA) is 95.9 Å². The maximum Gasteiger partial charge on any atom is 0.305 e. The number of hydrogen-bond acceptors (Lipinski definition) is 5. The van der Waals surface area contributed by atoms with Crippen molar-refractivity contribution in [1.29, 1.82) is 0 Å². The van der Waals surface area contributed by atoms with Crippen LogP contribution in [-0.4, -0.2) is 47.4 Å². The lowest BCUT2D eigenvalue weighted by Gasteiger charge is -2.20. The van der Waals surface area contributed by atoms with Gasteiger partial charge in [-0.2, -0.15) is 0 Å². The van der Waals surface area contributed by atoms with E-state index in [1.165, 1.54) is 321 Å². The zero-order valence-corrected chi connectivity index (χ0v) is 50.4. The zero-order chi connectivity index (χ0) is 53.6. The van der Waals surface area contributed by atoms with Gasteiger partial charge in [-0.1, -0.05) is 353 Å². The first-order chi connectivity index (χ1) is 36.5. The lowest BCUT2D eigenvalue weighted by Crippen LogP contribution is -2.45. The summed E-state index contributed by atoms with van der Waals surface area (Å²) in [6.45, 7) is 4.94. The van der Waals surface area contributed by atoms with Crippen LogP contribution in [0.1, 0.15) is 386 Å². The predicted molar refractivity (Wildman–Crippen MR) is 324 cm³/mol. The third-order valence-electron chi connectivity index (χ3n) is 16.1. The Labute approximate surface area is 463 Å². The maximum atomic E-state index is 12.5. The second-order valence-corrected chi connectivity index (χ2v) is 23.5. The van der Waals surface area contributed by atoms with E-state index < -0.39 is 12.1 Å². The number of aliphatic hydroxyl groups is 2. The van der Waals surface area contributed by atoms with E-state index in [0.29, 0.717) is 19.4 Å². The zero-order valence-electron chi connectivity index (χ0n) is 50.4. The van der Waals surface area contributed by atoms with Crippen LogP contribution in [0.3, 0.4) is 0 Å². The smallest absolute Gasteiger partial charge is 0.305 e. The van der Waals surface area contributed by atoms with Crippen LogP contribution in [0.4, 0.5) is 0 Å². The Morgan fingerprint density at radius 1 is 0.365 bits per heavy atom. The van der Waals surface area contributed by atoms with Gasteiger partial charge in [0.25, 0.3) is 0 Å². The minimum Gasteiger partial charge on any atom is -0.466 e. The van der Waals surface area contributed by atoms with Gasteiger partial charge in [-0.25, -0.2) is 0 Å². The molecule has 0 spiro atoms. The van der Waals surface area contributed by atoms with Gasteiger partial charge in [0.15, 0.2) is 0 Å². The molecule has 0 aliphatic heterocycles. The van der Waals surface area contributed by atoms with Crippen molar-refractivity contribution in [2.75, 3.05) is 13.2 Å². The van der Waals surface area contributed by atoms with E-state index in [-0.39, 0.29) is 18.5 Å². The SMILES string of the molecule is CCCCCCCCCCCCCC/C=C/C(O)C(CO)NC(=O)CCCCCCCCCCCCCCCCCCCCCCCCCCCCCOC(=O)CCCCCCCCCCCCCCCCCC. The van der Waals surface area contributed by atoms with Gasteiger partial charge in [0.05, 0.1) is 25.4 Å². The van der Waals surface area contributed by atoms with Gasteiger partial charge in [0.1, 0.15) is 0 Å². The molecule has 0 heterocycles. The molecule has 0 fully saturated rings. The summed E-state index contributed by atoms with van der Waals surface area (Å²) in [5.74, 6) is -0.0410. The molecule has 0 aromatic heterocycles.